The van der Waals surface area contributed by atoms with Gasteiger partial charge in [0.1, 0.15) is 12.0 Å². The van der Waals surface area contributed by atoms with Gasteiger partial charge in [-0.1, -0.05) is 11.6 Å². The third kappa shape index (κ3) is 4.66. The van der Waals surface area contributed by atoms with E-state index in [1.165, 1.54) is 11.8 Å². The summed E-state index contributed by atoms with van der Waals surface area (Å²) in [7, 11) is 0. The van der Waals surface area contributed by atoms with Crippen LogP contribution in [0.5, 0.6) is 0 Å². The summed E-state index contributed by atoms with van der Waals surface area (Å²) < 4.78 is 10.6. The quantitative estimate of drug-likeness (QED) is 0.684. The number of benzene rings is 1. The van der Waals surface area contributed by atoms with Crippen molar-refractivity contribution in [3.05, 3.63) is 65.4 Å². The lowest BCUT2D eigenvalue weighted by Crippen LogP contribution is -2.24. The van der Waals surface area contributed by atoms with Crippen molar-refractivity contribution in [3.63, 3.8) is 0 Å². The lowest BCUT2D eigenvalue weighted by molar-refractivity contribution is -0.118. The van der Waals surface area contributed by atoms with E-state index in [0.29, 0.717) is 29.0 Å². The van der Waals surface area contributed by atoms with E-state index < -0.39 is 0 Å². The summed E-state index contributed by atoms with van der Waals surface area (Å²) in [6, 6.07) is 10.9. The van der Waals surface area contributed by atoms with Gasteiger partial charge in [0.25, 0.3) is 0 Å². The van der Waals surface area contributed by atoms with Crippen LogP contribution in [0.25, 0.3) is 11.5 Å². The highest BCUT2D eigenvalue weighted by atomic mass is 35.5. The van der Waals surface area contributed by atoms with Crippen molar-refractivity contribution in [2.75, 3.05) is 5.75 Å². The second kappa shape index (κ2) is 8.08. The molecule has 2 heterocycles. The lowest BCUT2D eigenvalue weighted by atomic mass is 10.2. The van der Waals surface area contributed by atoms with Crippen LogP contribution in [0.1, 0.15) is 11.5 Å². The van der Waals surface area contributed by atoms with Crippen molar-refractivity contribution in [2.24, 2.45) is 0 Å². The number of aromatic nitrogens is 1. The molecule has 0 spiro atoms. The van der Waals surface area contributed by atoms with Crippen molar-refractivity contribution in [1.29, 1.82) is 0 Å². The minimum atomic E-state index is -0.0437. The van der Waals surface area contributed by atoms with Gasteiger partial charge >= 0.3 is 0 Å². The zero-order valence-corrected chi connectivity index (χ0v) is 14.3. The smallest absolute Gasteiger partial charge is 0.230 e. The molecule has 1 N–H and O–H groups in total. The molecule has 1 aromatic carbocycles. The average molecular weight is 363 g/mol. The van der Waals surface area contributed by atoms with Gasteiger partial charge in [0.15, 0.2) is 0 Å². The number of amides is 1. The van der Waals surface area contributed by atoms with E-state index in [1.54, 1.807) is 30.7 Å². The first-order valence-corrected chi connectivity index (χ1v) is 8.81. The van der Waals surface area contributed by atoms with Crippen LogP contribution in [0.4, 0.5) is 0 Å². The molecule has 1 amide bonds. The van der Waals surface area contributed by atoms with Crippen LogP contribution < -0.4 is 5.32 Å². The molecule has 2 aromatic heterocycles. The van der Waals surface area contributed by atoms with E-state index in [1.807, 2.05) is 18.2 Å². The maximum absolute atomic E-state index is 11.8. The maximum Gasteiger partial charge on any atom is 0.230 e. The molecule has 0 radical (unpaired) electrons. The van der Waals surface area contributed by atoms with Crippen molar-refractivity contribution >= 4 is 29.3 Å². The molecule has 124 valence electrons. The van der Waals surface area contributed by atoms with Gasteiger partial charge in [0.2, 0.25) is 11.8 Å². The Bertz CT molecular complexity index is 785. The van der Waals surface area contributed by atoms with Gasteiger partial charge in [-0.05, 0) is 36.4 Å². The molecule has 3 rings (SSSR count). The number of carbonyl (C=O) groups excluding carboxylic acids is 1. The second-order valence-corrected chi connectivity index (χ2v) is 6.42. The van der Waals surface area contributed by atoms with Crippen molar-refractivity contribution < 1.29 is 13.6 Å². The Hall–Kier alpha value is -2.18. The van der Waals surface area contributed by atoms with Crippen molar-refractivity contribution in [1.82, 2.24) is 10.3 Å². The fourth-order valence-electron chi connectivity index (χ4n) is 2.00. The van der Waals surface area contributed by atoms with Gasteiger partial charge in [-0.15, -0.1) is 11.8 Å². The van der Waals surface area contributed by atoms with E-state index in [-0.39, 0.29) is 5.91 Å². The number of halogens is 1. The Morgan fingerprint density at radius 1 is 1.21 bits per heavy atom. The summed E-state index contributed by atoms with van der Waals surface area (Å²) in [4.78, 5) is 16.2. The summed E-state index contributed by atoms with van der Waals surface area (Å²) in [5.74, 6) is 2.19. The Balaban J connectivity index is 1.43. The molecule has 0 aliphatic rings. The molecule has 0 aliphatic heterocycles. The topological polar surface area (TPSA) is 68.3 Å². The lowest BCUT2D eigenvalue weighted by Gasteiger charge is -2.02. The Morgan fingerprint density at radius 3 is 2.79 bits per heavy atom. The van der Waals surface area contributed by atoms with E-state index in [9.17, 15) is 4.79 Å². The van der Waals surface area contributed by atoms with E-state index in [2.05, 4.69) is 10.3 Å². The van der Waals surface area contributed by atoms with E-state index in [0.717, 1.165) is 17.0 Å². The Labute approximate surface area is 148 Å². The van der Waals surface area contributed by atoms with Crippen LogP contribution in [0.3, 0.4) is 0 Å². The standard InChI is InChI=1S/C17H15ClN2O3S/c18-13-5-3-12(4-6-13)17-20-14(9-23-17)10-24-11-16(21)19-8-15-2-1-7-22-15/h1-7,9H,8,10-11H2,(H,19,21). The van der Waals surface area contributed by atoms with Crippen molar-refractivity contribution in [3.8, 4) is 11.5 Å². The van der Waals surface area contributed by atoms with Gasteiger partial charge in [0.05, 0.1) is 24.3 Å². The summed E-state index contributed by atoms with van der Waals surface area (Å²) in [5, 5.41) is 3.47. The molecule has 0 unspecified atom stereocenters. The third-order valence-electron chi connectivity index (χ3n) is 3.17. The van der Waals surface area contributed by atoms with Gasteiger partial charge < -0.3 is 14.2 Å². The number of nitrogens with one attached hydrogen (secondary N) is 1. The molecule has 0 saturated heterocycles. The van der Waals surface area contributed by atoms with Crippen LogP contribution >= 0.6 is 23.4 Å². The van der Waals surface area contributed by atoms with Gasteiger partial charge in [-0.2, -0.15) is 0 Å². The van der Waals surface area contributed by atoms with Crippen LogP contribution in [0, 0.1) is 0 Å². The van der Waals surface area contributed by atoms with Crippen molar-refractivity contribution in [2.45, 2.75) is 12.3 Å². The molecule has 0 aliphatic carbocycles. The highest BCUT2D eigenvalue weighted by molar-refractivity contribution is 7.99. The monoisotopic (exact) mass is 362 g/mol. The predicted octanol–water partition coefficient (Wildman–Crippen LogP) is 4.14. The largest absolute Gasteiger partial charge is 0.467 e. The minimum Gasteiger partial charge on any atom is -0.467 e. The number of carbonyl (C=O) groups is 1. The third-order valence-corrected chi connectivity index (χ3v) is 4.38. The maximum atomic E-state index is 11.8. The highest BCUT2D eigenvalue weighted by Gasteiger charge is 2.08. The van der Waals surface area contributed by atoms with Crippen LogP contribution in [0.15, 0.2) is 57.8 Å². The van der Waals surface area contributed by atoms with Gasteiger partial charge in [-0.3, -0.25) is 4.79 Å². The highest BCUT2D eigenvalue weighted by Crippen LogP contribution is 2.22. The molecule has 7 heteroatoms. The van der Waals surface area contributed by atoms with Crippen LogP contribution in [-0.2, 0) is 17.1 Å². The normalized spacial score (nSPS) is 10.7. The molecular weight excluding hydrogens is 348 g/mol. The molecule has 24 heavy (non-hydrogen) atoms. The van der Waals surface area contributed by atoms with Gasteiger partial charge in [0, 0.05) is 16.3 Å². The number of rotatable bonds is 7. The number of oxazole rings is 1. The predicted molar refractivity (Wildman–Crippen MR) is 93.7 cm³/mol. The molecule has 0 saturated carbocycles. The molecular formula is C17H15ClN2O3S. The molecule has 5 nitrogen and oxygen atoms in total. The first-order valence-electron chi connectivity index (χ1n) is 7.28. The number of thioether (sulfide) groups is 1. The summed E-state index contributed by atoms with van der Waals surface area (Å²) in [6.07, 6.45) is 3.19. The molecule has 0 atom stereocenters. The average Bonchev–Trinajstić information content (AvgIpc) is 3.25. The fraction of sp³-hybridized carbons (Fsp3) is 0.176. The summed E-state index contributed by atoms with van der Waals surface area (Å²) >= 11 is 7.34. The molecule has 0 fully saturated rings. The first kappa shape index (κ1) is 16.7. The fourth-order valence-corrected chi connectivity index (χ4v) is 2.85. The van der Waals surface area contributed by atoms with E-state index >= 15 is 0 Å². The first-order chi connectivity index (χ1) is 11.7. The molecule has 0 bridgehead atoms. The number of nitrogens with zero attached hydrogens (tertiary/aromatic N) is 1. The second-order valence-electron chi connectivity index (χ2n) is 5.00. The Kier molecular flexibility index (Phi) is 5.61. The van der Waals surface area contributed by atoms with Crippen LogP contribution in [-0.4, -0.2) is 16.6 Å². The molecule has 3 aromatic rings. The minimum absolute atomic E-state index is 0.0437. The van der Waals surface area contributed by atoms with Crippen LogP contribution in [0.2, 0.25) is 5.02 Å². The van der Waals surface area contributed by atoms with E-state index in [4.69, 9.17) is 20.4 Å². The summed E-state index contributed by atoms with van der Waals surface area (Å²) in [6.45, 7) is 0.400. The number of hydrogen-bond acceptors (Lipinski definition) is 5. The Morgan fingerprint density at radius 2 is 2.04 bits per heavy atom. The number of furan rings is 1. The number of hydrogen-bond donors (Lipinski definition) is 1. The zero-order valence-electron chi connectivity index (χ0n) is 12.7. The summed E-state index contributed by atoms with van der Waals surface area (Å²) in [5.41, 5.74) is 1.66. The SMILES string of the molecule is O=C(CSCc1coc(-c2ccc(Cl)cc2)n1)NCc1ccco1. The zero-order chi connectivity index (χ0) is 16.8. The van der Waals surface area contributed by atoms with Gasteiger partial charge in [-0.25, -0.2) is 4.98 Å².